The molecule has 6 heteroatoms. The predicted molar refractivity (Wildman–Crippen MR) is 382 cm³/mol. The molecule has 19 aromatic rings. The number of anilines is 6. The van der Waals surface area contributed by atoms with Gasteiger partial charge in [0.1, 0.15) is 44.7 Å². The van der Waals surface area contributed by atoms with Crippen molar-refractivity contribution in [3.05, 3.63) is 315 Å². The highest BCUT2D eigenvalue weighted by Gasteiger charge is 2.25. The molecule has 6 nitrogen and oxygen atoms in total. The number of nitrogens with zero attached hydrogens (tertiary/aromatic N) is 2. The summed E-state index contributed by atoms with van der Waals surface area (Å²) in [6.45, 7) is 0. The van der Waals surface area contributed by atoms with E-state index in [2.05, 4.69) is 277 Å². The highest BCUT2D eigenvalue weighted by atomic mass is 16.3. The minimum atomic E-state index is 0.811. The summed E-state index contributed by atoms with van der Waals surface area (Å²) < 4.78 is 26.6. The van der Waals surface area contributed by atoms with Crippen molar-refractivity contribution < 1.29 is 17.7 Å². The SMILES string of the molecule is c1ccc(-c2ccc(-c3c4ccc(N(c5ccc6c(c5)oc5ccccc56)c5ccc6c(c5)oc5ccccc56)cc4c(-c4ccc(-c5ccccc5)cc4)c4ccc(N(c5ccc6c(c5)oc5ccccc56)c5ccc6c(c5)oc5ccccc56)cc34)cc2)cc1. The van der Waals surface area contributed by atoms with Crippen molar-refractivity contribution in [3.63, 3.8) is 0 Å². The number of benzene rings is 15. The van der Waals surface area contributed by atoms with E-state index in [9.17, 15) is 0 Å². The summed E-state index contributed by atoms with van der Waals surface area (Å²) in [4.78, 5) is 4.69. The number of fused-ring (bicyclic) bond motifs is 14. The van der Waals surface area contributed by atoms with E-state index in [1.165, 1.54) is 0 Å². The molecule has 19 rings (SSSR count). The summed E-state index contributed by atoms with van der Waals surface area (Å²) in [6, 6.07) is 113. The van der Waals surface area contributed by atoms with Crippen molar-refractivity contribution >= 4 is 143 Å². The number of rotatable bonds is 10. The molecule has 0 bridgehead atoms. The van der Waals surface area contributed by atoms with Crippen molar-refractivity contribution in [1.82, 2.24) is 0 Å². The highest BCUT2D eigenvalue weighted by Crippen LogP contribution is 2.51. The van der Waals surface area contributed by atoms with Crippen LogP contribution >= 0.6 is 0 Å². The van der Waals surface area contributed by atoms with Gasteiger partial charge in [-0.2, -0.15) is 0 Å². The van der Waals surface area contributed by atoms with Crippen molar-refractivity contribution in [1.29, 1.82) is 0 Å². The lowest BCUT2D eigenvalue weighted by atomic mass is 9.84. The monoisotopic (exact) mass is 1180 g/mol. The third-order valence-corrected chi connectivity index (χ3v) is 18.6. The van der Waals surface area contributed by atoms with Crippen LogP contribution in [0.5, 0.6) is 0 Å². The van der Waals surface area contributed by atoms with Gasteiger partial charge in [-0.3, -0.25) is 0 Å². The van der Waals surface area contributed by atoms with Gasteiger partial charge in [-0.15, -0.1) is 0 Å². The zero-order valence-electron chi connectivity index (χ0n) is 49.5. The Morgan fingerprint density at radius 2 is 0.380 bits per heavy atom. The van der Waals surface area contributed by atoms with Crippen molar-refractivity contribution in [3.8, 4) is 44.5 Å². The van der Waals surface area contributed by atoms with Crippen LogP contribution in [-0.4, -0.2) is 0 Å². The predicted octanol–water partition coefficient (Wildman–Crippen LogP) is 25.2. The number of hydrogen-bond acceptors (Lipinski definition) is 6. The van der Waals surface area contributed by atoms with Crippen molar-refractivity contribution in [2.75, 3.05) is 9.80 Å². The van der Waals surface area contributed by atoms with E-state index in [0.29, 0.717) is 0 Å². The van der Waals surface area contributed by atoms with Gasteiger partial charge in [0.15, 0.2) is 0 Å². The first-order valence-electron chi connectivity index (χ1n) is 31.2. The molecule has 0 N–H and O–H groups in total. The van der Waals surface area contributed by atoms with Gasteiger partial charge in [-0.1, -0.05) is 194 Å². The Bertz CT molecular complexity index is 5530. The lowest BCUT2D eigenvalue weighted by Crippen LogP contribution is -2.10. The second-order valence-electron chi connectivity index (χ2n) is 23.9. The Kier molecular flexibility index (Phi) is 11.6. The summed E-state index contributed by atoms with van der Waals surface area (Å²) >= 11 is 0. The van der Waals surface area contributed by atoms with Crippen molar-refractivity contribution in [2.24, 2.45) is 0 Å². The van der Waals surface area contributed by atoms with E-state index in [-0.39, 0.29) is 0 Å². The Labute approximate surface area is 527 Å². The van der Waals surface area contributed by atoms with Gasteiger partial charge < -0.3 is 27.5 Å². The van der Waals surface area contributed by atoms with Gasteiger partial charge >= 0.3 is 0 Å². The minimum Gasteiger partial charge on any atom is -0.456 e. The molecule has 4 aromatic heterocycles. The van der Waals surface area contributed by atoms with E-state index < -0.39 is 0 Å². The largest absolute Gasteiger partial charge is 0.456 e. The fraction of sp³-hybridized carbons (Fsp3) is 0. The van der Waals surface area contributed by atoms with Gasteiger partial charge in [0.05, 0.1) is 0 Å². The normalized spacial score (nSPS) is 11.9. The first-order chi connectivity index (χ1) is 45.6. The molecule has 0 spiro atoms. The molecule has 92 heavy (non-hydrogen) atoms. The molecule has 4 heterocycles. The van der Waals surface area contributed by atoms with Gasteiger partial charge in [0.25, 0.3) is 0 Å². The molecule has 0 saturated heterocycles. The Balaban J connectivity index is 0.886. The summed E-state index contributed by atoms with van der Waals surface area (Å²) in [5, 5.41) is 13.0. The van der Waals surface area contributed by atoms with Crippen LogP contribution in [0.25, 0.3) is 154 Å². The van der Waals surface area contributed by atoms with E-state index in [0.717, 1.165) is 188 Å². The fourth-order valence-corrected chi connectivity index (χ4v) is 14.3. The lowest BCUT2D eigenvalue weighted by Gasteiger charge is -2.28. The Morgan fingerprint density at radius 3 is 0.685 bits per heavy atom. The van der Waals surface area contributed by atoms with Crippen LogP contribution < -0.4 is 9.80 Å². The summed E-state index contributed by atoms with van der Waals surface area (Å²) in [6.07, 6.45) is 0. The topological polar surface area (TPSA) is 59.0 Å². The van der Waals surface area contributed by atoms with Crippen LogP contribution in [0, 0.1) is 0 Å². The van der Waals surface area contributed by atoms with Gasteiger partial charge in [0, 0.05) is 101 Å². The number of furan rings is 4. The summed E-state index contributed by atoms with van der Waals surface area (Å²) in [7, 11) is 0. The zero-order valence-corrected chi connectivity index (χ0v) is 49.5. The molecule has 0 radical (unpaired) electrons. The van der Waals surface area contributed by atoms with E-state index >= 15 is 0 Å². The average Bonchev–Trinajstić information content (AvgIpc) is 1.16. The van der Waals surface area contributed by atoms with E-state index in [1.54, 1.807) is 0 Å². The average molecular weight is 1180 g/mol. The fourth-order valence-electron chi connectivity index (χ4n) is 14.3. The Morgan fingerprint density at radius 1 is 0.152 bits per heavy atom. The van der Waals surface area contributed by atoms with Crippen LogP contribution in [0.4, 0.5) is 34.1 Å². The molecular weight excluding hydrogens is 1120 g/mol. The molecule has 0 atom stereocenters. The van der Waals surface area contributed by atoms with Crippen LogP contribution in [0.15, 0.2) is 333 Å². The molecule has 0 aliphatic rings. The quantitative estimate of drug-likeness (QED) is 0.127. The third-order valence-electron chi connectivity index (χ3n) is 18.6. The molecule has 0 saturated carbocycles. The first kappa shape index (κ1) is 51.6. The molecule has 0 unspecified atom stereocenters. The summed E-state index contributed by atoms with van der Waals surface area (Å²) in [5.74, 6) is 0. The van der Waals surface area contributed by atoms with Crippen LogP contribution in [0.1, 0.15) is 0 Å². The van der Waals surface area contributed by atoms with E-state index in [1.807, 2.05) is 48.5 Å². The second kappa shape index (κ2) is 20.6. The van der Waals surface area contributed by atoms with Crippen molar-refractivity contribution in [2.45, 2.75) is 0 Å². The first-order valence-corrected chi connectivity index (χ1v) is 31.2. The maximum atomic E-state index is 6.65. The molecule has 0 aliphatic carbocycles. The smallest absolute Gasteiger partial charge is 0.137 e. The maximum Gasteiger partial charge on any atom is 0.137 e. The Hall–Kier alpha value is -12.4. The molecule has 0 amide bonds. The molecule has 0 aliphatic heterocycles. The van der Waals surface area contributed by atoms with Gasteiger partial charge in [0.2, 0.25) is 0 Å². The standard InChI is InChI=1S/C86H52N2O4/c1-3-15-53(16-4-1)55-27-31-57(32-28-55)85-73-45-39-60(88(63-37-43-71-67-21-9-13-25-79(67)91-83(71)51-63)64-38-44-72-68-22-10-14-26-80(68)92-84(72)52-64)48-76(73)86(58-33-29-56(30-34-58)54-17-5-2-6-18-54)74-46-40-59(47-75(74)85)87(61-35-41-69-65-19-7-11-23-77(65)89-81(69)49-61)62-36-42-70-66-20-8-12-24-78(66)90-82(70)50-62/h1-52H. The van der Waals surface area contributed by atoms with E-state index in [4.69, 9.17) is 17.7 Å². The van der Waals surface area contributed by atoms with Gasteiger partial charge in [-0.05, 0) is 163 Å². The minimum absolute atomic E-state index is 0.811. The molecule has 0 fully saturated rings. The molecule has 430 valence electrons. The summed E-state index contributed by atoms with van der Waals surface area (Å²) in [5.41, 5.74) is 21.4. The van der Waals surface area contributed by atoms with Crippen LogP contribution in [0.3, 0.4) is 0 Å². The zero-order chi connectivity index (χ0) is 60.4. The van der Waals surface area contributed by atoms with Crippen LogP contribution in [0.2, 0.25) is 0 Å². The number of hydrogen-bond donors (Lipinski definition) is 0. The molecule has 15 aromatic carbocycles. The second-order valence-corrected chi connectivity index (χ2v) is 23.9. The highest BCUT2D eigenvalue weighted by molar-refractivity contribution is 6.23. The lowest BCUT2D eigenvalue weighted by molar-refractivity contribution is 0.668. The third kappa shape index (κ3) is 8.35. The van der Waals surface area contributed by atoms with Gasteiger partial charge in [-0.25, -0.2) is 0 Å². The maximum absolute atomic E-state index is 6.65. The molecular formula is C86H52N2O4. The van der Waals surface area contributed by atoms with Crippen LogP contribution in [-0.2, 0) is 0 Å². The number of para-hydroxylation sites is 4.